The van der Waals surface area contributed by atoms with E-state index in [9.17, 15) is 9.90 Å². The van der Waals surface area contributed by atoms with Gasteiger partial charge in [0.2, 0.25) is 5.91 Å². The molecule has 6 nitrogen and oxygen atoms in total. The number of hydrogen-bond donors (Lipinski definition) is 3. The van der Waals surface area contributed by atoms with E-state index in [0.717, 1.165) is 0 Å². The van der Waals surface area contributed by atoms with E-state index in [2.05, 4.69) is 5.32 Å². The van der Waals surface area contributed by atoms with E-state index in [1.165, 1.54) is 0 Å². The molecule has 25 heavy (non-hydrogen) atoms. The third-order valence-corrected chi connectivity index (χ3v) is 5.19. The van der Waals surface area contributed by atoms with E-state index in [1.54, 1.807) is 31.4 Å². The van der Waals surface area contributed by atoms with Crippen LogP contribution in [0.25, 0.3) is 0 Å². The minimum Gasteiger partial charge on any atom is -0.497 e. The molecule has 0 radical (unpaired) electrons. The van der Waals surface area contributed by atoms with Crippen molar-refractivity contribution in [3.05, 3.63) is 29.8 Å². The van der Waals surface area contributed by atoms with Crippen molar-refractivity contribution in [2.45, 2.75) is 44.9 Å². The number of benzene rings is 1. The predicted octanol–water partition coefficient (Wildman–Crippen LogP) is 1.80. The summed E-state index contributed by atoms with van der Waals surface area (Å²) in [6.45, 7) is 6.52. The zero-order valence-corrected chi connectivity index (χ0v) is 16.1. The van der Waals surface area contributed by atoms with Crippen LogP contribution in [0.3, 0.4) is 0 Å². The zero-order valence-electron chi connectivity index (χ0n) is 15.2. The molecular weight excluding hydrogens is 344 g/mol. The summed E-state index contributed by atoms with van der Waals surface area (Å²) in [6.07, 6.45) is -0.336. The highest BCUT2D eigenvalue weighted by Crippen LogP contribution is 2.49. The number of carbonyl (C=O) groups excluding carboxylic acids is 1. The summed E-state index contributed by atoms with van der Waals surface area (Å²) >= 11 is 0. The number of rotatable bonds is 7. The fourth-order valence-corrected chi connectivity index (χ4v) is 3.11. The molecule has 1 aromatic carbocycles. The third kappa shape index (κ3) is 4.08. The highest BCUT2D eigenvalue weighted by molar-refractivity contribution is 5.88. The smallest absolute Gasteiger partial charge is 0.240 e. The molecule has 3 unspecified atom stereocenters. The van der Waals surface area contributed by atoms with Crippen LogP contribution >= 0.6 is 12.4 Å². The Morgan fingerprint density at radius 3 is 2.48 bits per heavy atom. The van der Waals surface area contributed by atoms with Gasteiger partial charge in [-0.3, -0.25) is 4.79 Å². The van der Waals surface area contributed by atoms with Crippen molar-refractivity contribution in [3.63, 3.8) is 0 Å². The molecule has 0 saturated heterocycles. The highest BCUT2D eigenvalue weighted by Gasteiger charge is 2.62. The maximum absolute atomic E-state index is 12.5. The summed E-state index contributed by atoms with van der Waals surface area (Å²) in [5.74, 6) is 0.463. The molecule has 7 heteroatoms. The molecule has 0 aliphatic heterocycles. The number of aliphatic hydroxyl groups excluding tert-OH is 1. The summed E-state index contributed by atoms with van der Waals surface area (Å²) in [6, 6.07) is 7.08. The van der Waals surface area contributed by atoms with Crippen molar-refractivity contribution in [1.29, 1.82) is 0 Å². The number of ether oxygens (including phenoxy) is 2. The second kappa shape index (κ2) is 8.36. The Bertz CT molecular complexity index is 579. The molecule has 3 atom stereocenters. The Morgan fingerprint density at radius 1 is 1.40 bits per heavy atom. The van der Waals surface area contributed by atoms with Crippen molar-refractivity contribution in [3.8, 4) is 5.75 Å². The van der Waals surface area contributed by atoms with Gasteiger partial charge in [0.25, 0.3) is 0 Å². The molecule has 0 bridgehead atoms. The molecule has 142 valence electrons. The number of nitrogens with one attached hydrogen (secondary N) is 1. The fraction of sp³-hybridized carbons (Fsp3) is 0.611. The van der Waals surface area contributed by atoms with Crippen LogP contribution in [-0.2, 0) is 9.53 Å². The maximum atomic E-state index is 12.5. The fourth-order valence-electron chi connectivity index (χ4n) is 3.11. The van der Waals surface area contributed by atoms with E-state index in [-0.39, 0.29) is 31.0 Å². The van der Waals surface area contributed by atoms with Gasteiger partial charge in [-0.1, -0.05) is 26.0 Å². The van der Waals surface area contributed by atoms with Gasteiger partial charge >= 0.3 is 0 Å². The van der Waals surface area contributed by atoms with Crippen LogP contribution in [0.4, 0.5) is 0 Å². The first-order valence-corrected chi connectivity index (χ1v) is 8.27. The number of aliphatic hydroxyl groups is 1. The lowest BCUT2D eigenvalue weighted by atomic mass is 9.54. The summed E-state index contributed by atoms with van der Waals surface area (Å²) in [5.41, 5.74) is 5.60. The second-order valence-electron chi connectivity index (χ2n) is 6.84. The van der Waals surface area contributed by atoms with Crippen LogP contribution in [0.15, 0.2) is 24.3 Å². The Kier molecular flexibility index (Phi) is 7.26. The molecule has 0 spiro atoms. The second-order valence-corrected chi connectivity index (χ2v) is 6.84. The van der Waals surface area contributed by atoms with Gasteiger partial charge in [0, 0.05) is 25.0 Å². The number of amides is 1. The van der Waals surface area contributed by atoms with E-state index in [4.69, 9.17) is 15.2 Å². The first kappa shape index (κ1) is 21.7. The van der Waals surface area contributed by atoms with E-state index in [1.807, 2.05) is 20.8 Å². The maximum Gasteiger partial charge on any atom is 0.240 e. The van der Waals surface area contributed by atoms with Gasteiger partial charge in [0.1, 0.15) is 11.3 Å². The summed E-state index contributed by atoms with van der Waals surface area (Å²) in [7, 11) is 1.59. The molecule has 0 heterocycles. The highest BCUT2D eigenvalue weighted by atomic mass is 35.5. The molecule has 0 aromatic heterocycles. The molecule has 1 fully saturated rings. The van der Waals surface area contributed by atoms with Gasteiger partial charge < -0.3 is 25.6 Å². The Morgan fingerprint density at radius 2 is 2.00 bits per heavy atom. The lowest BCUT2D eigenvalue weighted by molar-refractivity contribution is -0.170. The molecule has 4 N–H and O–H groups in total. The molecular formula is C18H29ClN2O4. The van der Waals surface area contributed by atoms with Gasteiger partial charge in [-0.25, -0.2) is 0 Å². The average Bonchev–Trinajstić information content (AvgIpc) is 2.58. The first-order chi connectivity index (χ1) is 11.3. The third-order valence-electron chi connectivity index (χ3n) is 5.19. The van der Waals surface area contributed by atoms with Gasteiger partial charge in [0.15, 0.2) is 0 Å². The Hall–Kier alpha value is -1.34. The largest absolute Gasteiger partial charge is 0.497 e. The number of halogens is 1. The van der Waals surface area contributed by atoms with Gasteiger partial charge in [-0.05, 0) is 24.6 Å². The number of methoxy groups -OCH3 is 1. The Balaban J connectivity index is 0.00000312. The van der Waals surface area contributed by atoms with Crippen LogP contribution in [0, 0.1) is 5.41 Å². The van der Waals surface area contributed by atoms with Crippen molar-refractivity contribution in [2.24, 2.45) is 11.1 Å². The van der Waals surface area contributed by atoms with E-state index >= 15 is 0 Å². The summed E-state index contributed by atoms with van der Waals surface area (Å²) in [5, 5.41) is 13.0. The van der Waals surface area contributed by atoms with E-state index in [0.29, 0.717) is 24.3 Å². The summed E-state index contributed by atoms with van der Waals surface area (Å²) in [4.78, 5) is 12.5. The molecule has 1 saturated carbocycles. The number of hydrogen-bond acceptors (Lipinski definition) is 5. The number of nitrogens with two attached hydrogens (primary N) is 1. The monoisotopic (exact) mass is 372 g/mol. The van der Waals surface area contributed by atoms with Crippen molar-refractivity contribution < 1.29 is 19.4 Å². The van der Waals surface area contributed by atoms with Gasteiger partial charge in [0.05, 0.1) is 19.3 Å². The van der Waals surface area contributed by atoms with Crippen molar-refractivity contribution >= 4 is 18.3 Å². The lowest BCUT2D eigenvalue weighted by Gasteiger charge is -2.57. The van der Waals surface area contributed by atoms with E-state index < -0.39 is 17.1 Å². The topological polar surface area (TPSA) is 93.8 Å². The van der Waals surface area contributed by atoms with Crippen molar-refractivity contribution in [2.75, 3.05) is 20.3 Å². The quantitative estimate of drug-likeness (QED) is 0.678. The minimum atomic E-state index is -0.980. The standard InChI is InChI=1S/C18H28N2O4.ClH/c1-5-24-15-10-18(19,17(15,2)3)16(22)20-11-14(21)12-6-8-13(23-4)9-7-12;/h6-9,14-15,21H,5,10-11,19H2,1-4H3,(H,20,22);1H. The van der Waals surface area contributed by atoms with Crippen LogP contribution in [0.2, 0.25) is 0 Å². The van der Waals surface area contributed by atoms with Crippen LogP contribution < -0.4 is 15.8 Å². The average molecular weight is 373 g/mol. The molecule has 1 amide bonds. The van der Waals surface area contributed by atoms with Crippen molar-refractivity contribution in [1.82, 2.24) is 5.32 Å². The zero-order chi connectivity index (χ0) is 18.0. The molecule has 1 aromatic rings. The number of carbonyl (C=O) groups is 1. The van der Waals surface area contributed by atoms with Gasteiger partial charge in [-0.2, -0.15) is 0 Å². The van der Waals surface area contributed by atoms with Crippen LogP contribution in [-0.4, -0.2) is 42.9 Å². The normalized spacial score (nSPS) is 25.3. The summed E-state index contributed by atoms with van der Waals surface area (Å²) < 4.78 is 10.7. The molecule has 2 rings (SSSR count). The molecule has 1 aliphatic rings. The SMILES string of the molecule is CCOC1CC(N)(C(=O)NCC(O)c2ccc(OC)cc2)C1(C)C.Cl. The van der Waals surface area contributed by atoms with Crippen LogP contribution in [0.1, 0.15) is 38.9 Å². The predicted molar refractivity (Wildman–Crippen MR) is 98.9 cm³/mol. The Labute approximate surface area is 155 Å². The molecule has 1 aliphatic carbocycles. The minimum absolute atomic E-state index is 0. The van der Waals surface area contributed by atoms with Gasteiger partial charge in [-0.15, -0.1) is 12.4 Å². The van der Waals surface area contributed by atoms with Crippen LogP contribution in [0.5, 0.6) is 5.75 Å². The lowest BCUT2D eigenvalue weighted by Crippen LogP contribution is -2.75. The first-order valence-electron chi connectivity index (χ1n) is 8.27.